The van der Waals surface area contributed by atoms with Gasteiger partial charge in [0.1, 0.15) is 0 Å². The molecule has 0 aromatic carbocycles. The Labute approximate surface area is 109 Å². The fraction of sp³-hybridized carbons (Fsp3) is 0.643. The fourth-order valence-electron chi connectivity index (χ4n) is 1.65. The van der Waals surface area contributed by atoms with Crippen LogP contribution in [0.4, 0.5) is 0 Å². The molecule has 0 fully saturated rings. The van der Waals surface area contributed by atoms with Crippen molar-refractivity contribution >= 4 is 5.91 Å². The highest BCUT2D eigenvalue weighted by molar-refractivity contribution is 5.85. The highest BCUT2D eigenvalue weighted by atomic mass is 16.3. The molecule has 0 saturated carbocycles. The quantitative estimate of drug-likeness (QED) is 0.452. The summed E-state index contributed by atoms with van der Waals surface area (Å²) in [5, 5.41) is 19.9. The number of rotatable bonds is 8. The Hall–Kier alpha value is -1.13. The second-order valence-corrected chi connectivity index (χ2v) is 4.73. The summed E-state index contributed by atoms with van der Waals surface area (Å²) in [5.41, 5.74) is 4.93. The number of carbonyl (C=O) groups excluding carboxylic acids is 1. The minimum absolute atomic E-state index is 0.174. The third-order valence-electron chi connectivity index (χ3n) is 3.26. The molecule has 104 valence electrons. The lowest BCUT2D eigenvalue weighted by Crippen LogP contribution is -2.33. The van der Waals surface area contributed by atoms with Crippen LogP contribution in [0.3, 0.4) is 0 Å². The Balaban J connectivity index is 4.16. The topological polar surface area (TPSA) is 83.6 Å². The van der Waals surface area contributed by atoms with Crippen LogP contribution in [0.25, 0.3) is 0 Å². The van der Waals surface area contributed by atoms with Crippen LogP contribution < -0.4 is 5.73 Å². The van der Waals surface area contributed by atoms with Gasteiger partial charge in [-0.15, -0.1) is 0 Å². The predicted molar refractivity (Wildman–Crippen MR) is 72.7 cm³/mol. The highest BCUT2D eigenvalue weighted by Gasteiger charge is 2.25. The predicted octanol–water partition coefficient (Wildman–Crippen LogP) is 1.38. The zero-order valence-corrected chi connectivity index (χ0v) is 11.4. The molecule has 0 aromatic rings. The van der Waals surface area contributed by atoms with Crippen LogP contribution in [-0.4, -0.2) is 28.3 Å². The van der Waals surface area contributed by atoms with Crippen molar-refractivity contribution < 1.29 is 15.0 Å². The van der Waals surface area contributed by atoms with E-state index < -0.39 is 18.1 Å². The molecular weight excluding hydrogens is 230 g/mol. The van der Waals surface area contributed by atoms with E-state index in [1.54, 1.807) is 12.2 Å². The monoisotopic (exact) mass is 255 g/mol. The maximum atomic E-state index is 10.4. The number of amides is 1. The van der Waals surface area contributed by atoms with E-state index in [0.29, 0.717) is 6.42 Å². The lowest BCUT2D eigenvalue weighted by molar-refractivity contribution is -0.113. The van der Waals surface area contributed by atoms with Crippen molar-refractivity contribution in [1.29, 1.82) is 0 Å². The molecule has 0 aromatic heterocycles. The molecule has 4 N–H and O–H groups in total. The molecule has 0 aliphatic heterocycles. The van der Waals surface area contributed by atoms with Crippen LogP contribution in [-0.2, 0) is 4.79 Å². The van der Waals surface area contributed by atoms with Gasteiger partial charge < -0.3 is 15.9 Å². The Bertz CT molecular complexity index is 299. The summed E-state index contributed by atoms with van der Waals surface area (Å²) in [5.74, 6) is -0.501. The molecule has 0 aliphatic carbocycles. The molecule has 0 bridgehead atoms. The van der Waals surface area contributed by atoms with E-state index in [4.69, 9.17) is 5.73 Å². The second-order valence-electron chi connectivity index (χ2n) is 4.73. The summed E-state index contributed by atoms with van der Waals surface area (Å²) in [6.45, 7) is 5.83. The summed E-state index contributed by atoms with van der Waals surface area (Å²) in [4.78, 5) is 10.4. The van der Waals surface area contributed by atoms with Crippen LogP contribution in [0.2, 0.25) is 0 Å². The van der Waals surface area contributed by atoms with Gasteiger partial charge in [-0.3, -0.25) is 4.79 Å². The zero-order chi connectivity index (χ0) is 14.1. The third-order valence-corrected chi connectivity index (χ3v) is 3.26. The van der Waals surface area contributed by atoms with E-state index in [1.165, 1.54) is 12.2 Å². The maximum Gasteiger partial charge on any atom is 0.241 e. The average Bonchev–Trinajstić information content (AvgIpc) is 2.34. The van der Waals surface area contributed by atoms with E-state index in [9.17, 15) is 15.0 Å². The summed E-state index contributed by atoms with van der Waals surface area (Å²) < 4.78 is 0. The molecule has 4 atom stereocenters. The molecule has 4 nitrogen and oxygen atoms in total. The summed E-state index contributed by atoms with van der Waals surface area (Å²) in [6.07, 6.45) is 6.44. The van der Waals surface area contributed by atoms with E-state index in [-0.39, 0.29) is 11.8 Å². The molecule has 4 heteroatoms. The summed E-state index contributed by atoms with van der Waals surface area (Å²) in [7, 11) is 0. The molecule has 0 saturated heterocycles. The molecule has 1 amide bonds. The molecule has 18 heavy (non-hydrogen) atoms. The SMILES string of the molecule is CC[C@@H](C)[C@H](O)[C@H](C)[C@H](O)C/C=C/C=C\C(N)=O. The van der Waals surface area contributed by atoms with Crippen LogP contribution in [0, 0.1) is 11.8 Å². The molecule has 0 rings (SSSR count). The minimum Gasteiger partial charge on any atom is -0.392 e. The standard InChI is InChI=1S/C14H25NO3/c1-4-10(2)14(18)11(3)12(16)8-6-5-7-9-13(15)17/h5-7,9-12,14,16,18H,4,8H2,1-3H3,(H2,15,17)/b6-5+,9-7-/t10-,11-,12-,14+/m1/s1. The van der Waals surface area contributed by atoms with Crippen molar-refractivity contribution in [1.82, 2.24) is 0 Å². The summed E-state index contributed by atoms with van der Waals surface area (Å²) in [6, 6.07) is 0. The number of primary amides is 1. The van der Waals surface area contributed by atoms with Crippen molar-refractivity contribution in [3.63, 3.8) is 0 Å². The van der Waals surface area contributed by atoms with Gasteiger partial charge in [-0.1, -0.05) is 45.4 Å². The Morgan fingerprint density at radius 1 is 1.28 bits per heavy atom. The smallest absolute Gasteiger partial charge is 0.241 e. The normalized spacial score (nSPS) is 18.9. The highest BCUT2D eigenvalue weighted by Crippen LogP contribution is 2.20. The Kier molecular flexibility index (Phi) is 8.33. The van der Waals surface area contributed by atoms with Crippen LogP contribution in [0.5, 0.6) is 0 Å². The lowest BCUT2D eigenvalue weighted by Gasteiger charge is -2.27. The van der Waals surface area contributed by atoms with E-state index >= 15 is 0 Å². The van der Waals surface area contributed by atoms with Gasteiger partial charge in [-0.25, -0.2) is 0 Å². The third kappa shape index (κ3) is 6.57. The van der Waals surface area contributed by atoms with E-state index in [2.05, 4.69) is 0 Å². The minimum atomic E-state index is -0.591. The van der Waals surface area contributed by atoms with Crippen molar-refractivity contribution in [3.05, 3.63) is 24.3 Å². The van der Waals surface area contributed by atoms with Crippen molar-refractivity contribution in [3.8, 4) is 0 Å². The van der Waals surface area contributed by atoms with E-state index in [1.807, 2.05) is 20.8 Å². The van der Waals surface area contributed by atoms with Crippen molar-refractivity contribution in [2.45, 2.75) is 45.8 Å². The number of allylic oxidation sites excluding steroid dienone is 2. The van der Waals surface area contributed by atoms with Crippen molar-refractivity contribution in [2.24, 2.45) is 17.6 Å². The molecule has 0 radical (unpaired) electrons. The summed E-state index contributed by atoms with van der Waals surface area (Å²) >= 11 is 0. The first-order valence-electron chi connectivity index (χ1n) is 6.38. The van der Waals surface area contributed by atoms with Gasteiger partial charge in [0.05, 0.1) is 12.2 Å². The molecule has 0 spiro atoms. The van der Waals surface area contributed by atoms with Gasteiger partial charge in [0.2, 0.25) is 5.91 Å². The average molecular weight is 255 g/mol. The van der Waals surface area contributed by atoms with Gasteiger partial charge in [0.15, 0.2) is 0 Å². The first-order valence-corrected chi connectivity index (χ1v) is 6.38. The fourth-order valence-corrected chi connectivity index (χ4v) is 1.65. The number of nitrogens with two attached hydrogens (primary N) is 1. The second kappa shape index (κ2) is 8.89. The van der Waals surface area contributed by atoms with Crippen LogP contribution in [0.1, 0.15) is 33.6 Å². The molecular formula is C14H25NO3. The first-order chi connectivity index (χ1) is 8.40. The van der Waals surface area contributed by atoms with Crippen LogP contribution >= 0.6 is 0 Å². The number of hydrogen-bond donors (Lipinski definition) is 3. The Morgan fingerprint density at radius 3 is 2.39 bits per heavy atom. The number of aliphatic hydroxyl groups is 2. The molecule has 0 aliphatic rings. The van der Waals surface area contributed by atoms with Gasteiger partial charge in [-0.05, 0) is 12.3 Å². The largest absolute Gasteiger partial charge is 0.392 e. The Morgan fingerprint density at radius 2 is 1.89 bits per heavy atom. The van der Waals surface area contributed by atoms with Crippen molar-refractivity contribution in [2.75, 3.05) is 0 Å². The maximum absolute atomic E-state index is 10.4. The van der Waals surface area contributed by atoms with Gasteiger partial charge >= 0.3 is 0 Å². The van der Waals surface area contributed by atoms with E-state index in [0.717, 1.165) is 6.42 Å². The number of hydrogen-bond acceptors (Lipinski definition) is 3. The van der Waals surface area contributed by atoms with Gasteiger partial charge in [0.25, 0.3) is 0 Å². The molecule has 0 unspecified atom stereocenters. The number of carbonyl (C=O) groups is 1. The zero-order valence-electron chi connectivity index (χ0n) is 11.4. The number of aliphatic hydroxyl groups excluding tert-OH is 2. The first kappa shape index (κ1) is 16.9. The van der Waals surface area contributed by atoms with Gasteiger partial charge in [-0.2, -0.15) is 0 Å². The molecule has 0 heterocycles. The van der Waals surface area contributed by atoms with Crippen LogP contribution in [0.15, 0.2) is 24.3 Å². The lowest BCUT2D eigenvalue weighted by atomic mass is 9.87. The van der Waals surface area contributed by atoms with Gasteiger partial charge in [0, 0.05) is 12.0 Å².